The first kappa shape index (κ1) is 10.1. The third kappa shape index (κ3) is 2.00. The monoisotopic (exact) mass is 243 g/mol. The van der Waals surface area contributed by atoms with Gasteiger partial charge in [-0.05, 0) is 12.1 Å². The minimum absolute atomic E-state index is 0.265. The Morgan fingerprint density at radius 1 is 1.53 bits per heavy atom. The second kappa shape index (κ2) is 4.00. The van der Waals surface area contributed by atoms with Crippen LogP contribution in [0.15, 0.2) is 12.1 Å². The maximum atomic E-state index is 10.2. The van der Waals surface area contributed by atoms with Crippen molar-refractivity contribution >= 4 is 40.3 Å². The fourth-order valence-corrected chi connectivity index (χ4v) is 1.90. The van der Waals surface area contributed by atoms with Gasteiger partial charge in [-0.2, -0.15) is 8.75 Å². The van der Waals surface area contributed by atoms with E-state index in [-0.39, 0.29) is 10.8 Å². The van der Waals surface area contributed by atoms with E-state index in [4.69, 9.17) is 16.3 Å². The standard InChI is InChI=1S/C8H5ClN2O3S/c9-7-5(14-3-6(12)13)2-1-4-8(7)11-15-10-4/h1-2H,3H2,(H,12,13)/p-1. The molecule has 0 aliphatic rings. The Hall–Kier alpha value is -1.40. The highest BCUT2D eigenvalue weighted by Crippen LogP contribution is 2.31. The molecule has 0 atom stereocenters. The number of benzene rings is 1. The van der Waals surface area contributed by atoms with Gasteiger partial charge in [0.05, 0.1) is 17.7 Å². The van der Waals surface area contributed by atoms with E-state index in [9.17, 15) is 9.90 Å². The van der Waals surface area contributed by atoms with Gasteiger partial charge in [-0.25, -0.2) is 0 Å². The zero-order valence-corrected chi connectivity index (χ0v) is 8.84. The Morgan fingerprint density at radius 3 is 3.07 bits per heavy atom. The molecule has 0 bridgehead atoms. The molecule has 0 amide bonds. The van der Waals surface area contributed by atoms with E-state index in [0.29, 0.717) is 11.0 Å². The summed E-state index contributed by atoms with van der Waals surface area (Å²) < 4.78 is 12.9. The van der Waals surface area contributed by atoms with Crippen molar-refractivity contribution in [3.05, 3.63) is 17.2 Å². The highest BCUT2D eigenvalue weighted by Gasteiger charge is 2.09. The van der Waals surface area contributed by atoms with Gasteiger partial charge < -0.3 is 14.6 Å². The van der Waals surface area contributed by atoms with Crippen molar-refractivity contribution in [1.82, 2.24) is 8.75 Å². The molecule has 78 valence electrons. The molecule has 0 spiro atoms. The SMILES string of the molecule is O=C([O-])COc1ccc2nsnc2c1Cl. The molecule has 0 aliphatic heterocycles. The van der Waals surface area contributed by atoms with E-state index in [2.05, 4.69) is 8.75 Å². The molecule has 0 saturated heterocycles. The number of carbonyl (C=O) groups excluding carboxylic acids is 1. The lowest BCUT2D eigenvalue weighted by Gasteiger charge is -2.07. The first-order chi connectivity index (χ1) is 7.18. The summed E-state index contributed by atoms with van der Waals surface area (Å²) in [4.78, 5) is 10.2. The molecular formula is C8H4ClN2O3S-. The summed E-state index contributed by atoms with van der Waals surface area (Å²) in [5, 5.41) is 10.5. The topological polar surface area (TPSA) is 75.1 Å². The number of aromatic nitrogens is 2. The number of hydrogen-bond acceptors (Lipinski definition) is 6. The highest BCUT2D eigenvalue weighted by molar-refractivity contribution is 7.00. The summed E-state index contributed by atoms with van der Waals surface area (Å²) in [6.07, 6.45) is 0. The molecule has 0 radical (unpaired) electrons. The van der Waals surface area contributed by atoms with E-state index in [1.807, 2.05) is 0 Å². The van der Waals surface area contributed by atoms with E-state index in [0.717, 1.165) is 11.7 Å². The smallest absolute Gasteiger partial charge is 0.140 e. The minimum atomic E-state index is -1.30. The number of fused-ring (bicyclic) bond motifs is 1. The van der Waals surface area contributed by atoms with E-state index < -0.39 is 12.6 Å². The fourth-order valence-electron chi connectivity index (χ4n) is 1.05. The van der Waals surface area contributed by atoms with E-state index in [1.165, 1.54) is 0 Å². The van der Waals surface area contributed by atoms with Gasteiger partial charge >= 0.3 is 0 Å². The summed E-state index contributed by atoms with van der Waals surface area (Å²) in [5.41, 5.74) is 1.17. The van der Waals surface area contributed by atoms with Gasteiger partial charge in [-0.3, -0.25) is 0 Å². The second-order valence-corrected chi connectivity index (χ2v) is 3.58. The van der Waals surface area contributed by atoms with Crippen LogP contribution in [0.3, 0.4) is 0 Å². The minimum Gasteiger partial charge on any atom is -0.546 e. The molecular weight excluding hydrogens is 240 g/mol. The van der Waals surface area contributed by atoms with Crippen LogP contribution in [-0.2, 0) is 4.79 Å². The fraction of sp³-hybridized carbons (Fsp3) is 0.125. The van der Waals surface area contributed by atoms with Crippen LogP contribution in [0, 0.1) is 0 Å². The van der Waals surface area contributed by atoms with Crippen molar-refractivity contribution in [2.24, 2.45) is 0 Å². The van der Waals surface area contributed by atoms with Gasteiger partial charge in [0.15, 0.2) is 0 Å². The Balaban J connectivity index is 2.35. The van der Waals surface area contributed by atoms with Crippen LogP contribution >= 0.6 is 23.3 Å². The molecule has 15 heavy (non-hydrogen) atoms. The average molecular weight is 244 g/mol. The number of ether oxygens (including phenoxy) is 1. The quantitative estimate of drug-likeness (QED) is 0.784. The van der Waals surface area contributed by atoms with Crippen molar-refractivity contribution in [3.63, 3.8) is 0 Å². The summed E-state index contributed by atoms with van der Waals surface area (Å²) in [5.74, 6) is -1.04. The van der Waals surface area contributed by atoms with Gasteiger partial charge in [0.25, 0.3) is 0 Å². The number of carboxylic acid groups (broad SMARTS) is 1. The highest BCUT2D eigenvalue weighted by atomic mass is 35.5. The number of carboxylic acids is 1. The summed E-state index contributed by atoms with van der Waals surface area (Å²) >= 11 is 6.96. The molecule has 0 unspecified atom stereocenters. The lowest BCUT2D eigenvalue weighted by atomic mass is 10.3. The number of nitrogens with zero attached hydrogens (tertiary/aromatic N) is 2. The normalized spacial score (nSPS) is 10.5. The molecule has 0 aliphatic carbocycles. The van der Waals surface area contributed by atoms with Crippen molar-refractivity contribution in [3.8, 4) is 5.75 Å². The molecule has 2 rings (SSSR count). The summed E-state index contributed by atoms with van der Waals surface area (Å²) in [6, 6.07) is 3.21. The molecule has 7 heteroatoms. The zero-order valence-electron chi connectivity index (χ0n) is 7.27. The zero-order chi connectivity index (χ0) is 10.8. The maximum Gasteiger partial charge on any atom is 0.140 e. The molecule has 0 saturated carbocycles. The van der Waals surface area contributed by atoms with Gasteiger partial charge in [-0.1, -0.05) is 11.6 Å². The predicted octanol–water partition coefficient (Wildman–Crippen LogP) is 0.473. The van der Waals surface area contributed by atoms with Crippen LogP contribution < -0.4 is 9.84 Å². The molecule has 1 aromatic carbocycles. The number of carbonyl (C=O) groups is 1. The van der Waals surface area contributed by atoms with Gasteiger partial charge in [0, 0.05) is 0 Å². The predicted molar refractivity (Wildman–Crippen MR) is 52.9 cm³/mol. The van der Waals surface area contributed by atoms with Crippen LogP contribution in [-0.4, -0.2) is 21.3 Å². The Bertz CT molecular complexity index is 514. The average Bonchev–Trinajstić information content (AvgIpc) is 2.65. The Morgan fingerprint density at radius 2 is 2.33 bits per heavy atom. The Kier molecular flexibility index (Phi) is 2.70. The summed E-state index contributed by atoms with van der Waals surface area (Å²) in [7, 11) is 0. The van der Waals surface area contributed by atoms with Gasteiger partial charge in [0.1, 0.15) is 28.4 Å². The lowest BCUT2D eigenvalue weighted by Crippen LogP contribution is -2.28. The molecule has 1 aromatic heterocycles. The first-order valence-electron chi connectivity index (χ1n) is 3.92. The number of rotatable bonds is 3. The number of halogens is 1. The van der Waals surface area contributed by atoms with E-state index in [1.54, 1.807) is 12.1 Å². The second-order valence-electron chi connectivity index (χ2n) is 2.67. The van der Waals surface area contributed by atoms with Crippen LogP contribution in [0.5, 0.6) is 5.75 Å². The van der Waals surface area contributed by atoms with Crippen LogP contribution in [0.25, 0.3) is 11.0 Å². The van der Waals surface area contributed by atoms with Crippen LogP contribution in [0.4, 0.5) is 0 Å². The number of aliphatic carboxylic acids is 1. The Labute approximate surface area is 93.6 Å². The number of hydrogen-bond donors (Lipinski definition) is 0. The molecule has 5 nitrogen and oxygen atoms in total. The van der Waals surface area contributed by atoms with Crippen LogP contribution in [0.2, 0.25) is 5.02 Å². The third-order valence-corrected chi connectivity index (χ3v) is 2.58. The van der Waals surface area contributed by atoms with Crippen molar-refractivity contribution in [1.29, 1.82) is 0 Å². The van der Waals surface area contributed by atoms with Crippen LogP contribution in [0.1, 0.15) is 0 Å². The van der Waals surface area contributed by atoms with Gasteiger partial charge in [0.2, 0.25) is 0 Å². The lowest BCUT2D eigenvalue weighted by molar-refractivity contribution is -0.307. The van der Waals surface area contributed by atoms with Crippen molar-refractivity contribution < 1.29 is 14.6 Å². The van der Waals surface area contributed by atoms with Crippen molar-refractivity contribution in [2.45, 2.75) is 0 Å². The molecule has 1 heterocycles. The van der Waals surface area contributed by atoms with E-state index >= 15 is 0 Å². The third-order valence-electron chi connectivity index (χ3n) is 1.68. The molecule has 0 N–H and O–H groups in total. The molecule has 0 fully saturated rings. The molecule has 2 aromatic rings. The first-order valence-corrected chi connectivity index (χ1v) is 5.02. The van der Waals surface area contributed by atoms with Crippen molar-refractivity contribution in [2.75, 3.05) is 6.61 Å². The maximum absolute atomic E-state index is 10.2. The van der Waals surface area contributed by atoms with Gasteiger partial charge in [-0.15, -0.1) is 0 Å². The largest absolute Gasteiger partial charge is 0.546 e. The summed E-state index contributed by atoms with van der Waals surface area (Å²) in [6.45, 7) is -0.539.